The van der Waals surface area contributed by atoms with E-state index in [2.05, 4.69) is 0 Å². The molecule has 0 bridgehead atoms. The van der Waals surface area contributed by atoms with Gasteiger partial charge in [-0.1, -0.05) is 6.92 Å². The number of carboxylic acid groups (broad SMARTS) is 1. The van der Waals surface area contributed by atoms with Crippen LogP contribution in [0.2, 0.25) is 0 Å². The van der Waals surface area contributed by atoms with E-state index in [1.165, 1.54) is 6.07 Å². The molecule has 1 aliphatic heterocycles. The van der Waals surface area contributed by atoms with Gasteiger partial charge in [0.25, 0.3) is 5.91 Å². The van der Waals surface area contributed by atoms with Crippen molar-refractivity contribution in [2.24, 2.45) is 0 Å². The number of hydrogen-bond acceptors (Lipinski definition) is 5. The molecule has 0 aliphatic carbocycles. The van der Waals surface area contributed by atoms with Crippen molar-refractivity contribution >= 4 is 11.9 Å². The van der Waals surface area contributed by atoms with E-state index >= 15 is 0 Å². The zero-order valence-electron chi connectivity index (χ0n) is 12.1. The molecular formula is C14H19NO6. The third-order valence-electron chi connectivity index (χ3n) is 3.35. The van der Waals surface area contributed by atoms with Crippen molar-refractivity contribution in [3.8, 4) is 0 Å². The number of carbonyl (C=O) groups excluding carboxylic acids is 1. The molecule has 116 valence electrons. The van der Waals surface area contributed by atoms with Crippen LogP contribution in [0.5, 0.6) is 0 Å². The van der Waals surface area contributed by atoms with Crippen LogP contribution in [0.25, 0.3) is 0 Å². The van der Waals surface area contributed by atoms with E-state index in [1.54, 1.807) is 18.9 Å². The Morgan fingerprint density at radius 3 is 2.67 bits per heavy atom. The minimum absolute atomic E-state index is 0.00338. The molecule has 1 N–H and O–H groups in total. The summed E-state index contributed by atoms with van der Waals surface area (Å²) < 4.78 is 15.7. The van der Waals surface area contributed by atoms with Gasteiger partial charge in [-0.2, -0.15) is 0 Å². The second-order valence-electron chi connectivity index (χ2n) is 4.80. The molecule has 1 aromatic rings. The van der Waals surface area contributed by atoms with Crippen LogP contribution < -0.4 is 0 Å². The molecule has 1 aliphatic rings. The van der Waals surface area contributed by atoms with E-state index in [-0.39, 0.29) is 23.3 Å². The number of ether oxygens (including phenoxy) is 2. The predicted molar refractivity (Wildman–Crippen MR) is 72.6 cm³/mol. The van der Waals surface area contributed by atoms with Gasteiger partial charge < -0.3 is 23.9 Å². The molecule has 21 heavy (non-hydrogen) atoms. The van der Waals surface area contributed by atoms with Gasteiger partial charge in [0.15, 0.2) is 5.76 Å². The normalized spacial score (nSPS) is 15.0. The lowest BCUT2D eigenvalue weighted by molar-refractivity contribution is -0.0562. The molecule has 7 heteroatoms. The van der Waals surface area contributed by atoms with Crippen molar-refractivity contribution in [1.82, 2.24) is 4.90 Å². The predicted octanol–water partition coefficient (Wildman–Crippen LogP) is 1.03. The minimum atomic E-state index is -1.08. The zero-order chi connectivity index (χ0) is 15.4. The Kier molecular flexibility index (Phi) is 4.98. The fourth-order valence-corrected chi connectivity index (χ4v) is 2.14. The summed E-state index contributed by atoms with van der Waals surface area (Å²) >= 11 is 0. The number of amides is 1. The molecule has 1 saturated heterocycles. The second kappa shape index (κ2) is 6.73. The molecule has 1 fully saturated rings. The van der Waals surface area contributed by atoms with Crippen molar-refractivity contribution in [3.63, 3.8) is 0 Å². The molecule has 2 heterocycles. The molecule has 0 radical (unpaired) electrons. The smallest absolute Gasteiger partial charge is 0.339 e. The van der Waals surface area contributed by atoms with Crippen molar-refractivity contribution in [1.29, 1.82) is 0 Å². The summed E-state index contributed by atoms with van der Waals surface area (Å²) in [6.07, 6.45) is 0.432. The van der Waals surface area contributed by atoms with Gasteiger partial charge in [-0.05, 0) is 0 Å². The summed E-state index contributed by atoms with van der Waals surface area (Å²) in [5.41, 5.74) is 0.0502. The number of aromatic carboxylic acids is 1. The summed E-state index contributed by atoms with van der Waals surface area (Å²) in [7, 11) is 1.60. The summed E-state index contributed by atoms with van der Waals surface area (Å²) in [5, 5.41) is 9.05. The number of furan rings is 1. The van der Waals surface area contributed by atoms with E-state index in [1.807, 2.05) is 0 Å². The molecule has 1 aromatic heterocycles. The quantitative estimate of drug-likeness (QED) is 0.756. The molecule has 7 nitrogen and oxygen atoms in total. The zero-order valence-corrected chi connectivity index (χ0v) is 12.1. The lowest BCUT2D eigenvalue weighted by Gasteiger charge is -2.38. The van der Waals surface area contributed by atoms with Crippen molar-refractivity contribution in [2.75, 3.05) is 33.4 Å². The topological polar surface area (TPSA) is 89.2 Å². The van der Waals surface area contributed by atoms with Gasteiger partial charge in [0.05, 0.1) is 19.3 Å². The number of carboxylic acids is 1. The highest BCUT2D eigenvalue weighted by Gasteiger charge is 2.34. The fourth-order valence-electron chi connectivity index (χ4n) is 2.14. The van der Waals surface area contributed by atoms with Crippen LogP contribution in [0.4, 0.5) is 0 Å². The average molecular weight is 297 g/mol. The third kappa shape index (κ3) is 3.43. The first-order valence-electron chi connectivity index (χ1n) is 6.82. The number of rotatable bonds is 7. The van der Waals surface area contributed by atoms with Gasteiger partial charge in [-0.25, -0.2) is 4.79 Å². The van der Waals surface area contributed by atoms with Crippen LogP contribution in [0.3, 0.4) is 0 Å². The highest BCUT2D eigenvalue weighted by Crippen LogP contribution is 2.21. The van der Waals surface area contributed by atoms with Crippen molar-refractivity contribution in [3.05, 3.63) is 23.2 Å². The Labute approximate surface area is 122 Å². The molecule has 0 unspecified atom stereocenters. The van der Waals surface area contributed by atoms with E-state index < -0.39 is 5.97 Å². The van der Waals surface area contributed by atoms with Gasteiger partial charge in [0.2, 0.25) is 0 Å². The maximum absolute atomic E-state index is 12.2. The van der Waals surface area contributed by atoms with E-state index in [0.717, 1.165) is 0 Å². The SMILES string of the molecule is CCc1oc(C(=O)N2CC(OCCOC)C2)cc1C(=O)O. The molecule has 0 atom stereocenters. The molecular weight excluding hydrogens is 278 g/mol. The Bertz CT molecular complexity index is 518. The summed E-state index contributed by atoms with van der Waals surface area (Å²) in [6, 6.07) is 1.29. The summed E-state index contributed by atoms with van der Waals surface area (Å²) in [6.45, 7) is 3.75. The number of nitrogens with zero attached hydrogens (tertiary/aromatic N) is 1. The number of aryl methyl sites for hydroxylation is 1. The van der Waals surface area contributed by atoms with E-state index in [9.17, 15) is 9.59 Å². The van der Waals surface area contributed by atoms with E-state index in [0.29, 0.717) is 38.5 Å². The summed E-state index contributed by atoms with van der Waals surface area (Å²) in [4.78, 5) is 24.8. The minimum Gasteiger partial charge on any atom is -0.478 e. The first-order chi connectivity index (χ1) is 10.1. The van der Waals surface area contributed by atoms with Crippen LogP contribution in [0.15, 0.2) is 10.5 Å². The van der Waals surface area contributed by atoms with Gasteiger partial charge in [-0.3, -0.25) is 4.79 Å². The van der Waals surface area contributed by atoms with Gasteiger partial charge >= 0.3 is 5.97 Å². The summed E-state index contributed by atoms with van der Waals surface area (Å²) in [5.74, 6) is -0.998. The molecule has 1 amide bonds. The molecule has 0 saturated carbocycles. The van der Waals surface area contributed by atoms with Crippen LogP contribution in [0, 0.1) is 0 Å². The number of carbonyl (C=O) groups is 2. The highest BCUT2D eigenvalue weighted by atomic mass is 16.5. The Hall–Kier alpha value is -1.86. The van der Waals surface area contributed by atoms with Crippen LogP contribution in [-0.2, 0) is 15.9 Å². The molecule has 0 spiro atoms. The van der Waals surface area contributed by atoms with Crippen LogP contribution >= 0.6 is 0 Å². The Morgan fingerprint density at radius 1 is 1.43 bits per heavy atom. The fraction of sp³-hybridized carbons (Fsp3) is 0.571. The number of likely N-dealkylation sites (tertiary alicyclic amines) is 1. The van der Waals surface area contributed by atoms with Crippen LogP contribution in [0.1, 0.15) is 33.6 Å². The largest absolute Gasteiger partial charge is 0.478 e. The van der Waals surface area contributed by atoms with Crippen molar-refractivity contribution in [2.45, 2.75) is 19.4 Å². The monoisotopic (exact) mass is 297 g/mol. The Balaban J connectivity index is 1.92. The maximum atomic E-state index is 12.2. The van der Waals surface area contributed by atoms with Crippen LogP contribution in [-0.4, -0.2) is 61.4 Å². The Morgan fingerprint density at radius 2 is 2.14 bits per heavy atom. The second-order valence-corrected chi connectivity index (χ2v) is 4.80. The van der Waals surface area contributed by atoms with E-state index in [4.69, 9.17) is 19.0 Å². The van der Waals surface area contributed by atoms with Gasteiger partial charge in [0, 0.05) is 32.7 Å². The molecule has 0 aromatic carbocycles. The third-order valence-corrected chi connectivity index (χ3v) is 3.35. The van der Waals surface area contributed by atoms with Gasteiger partial charge in [0.1, 0.15) is 11.3 Å². The standard InChI is InChI=1S/C14H19NO6/c1-3-11-10(14(17)18)6-12(21-11)13(16)15-7-9(8-15)20-5-4-19-2/h6,9H,3-5,7-8H2,1-2H3,(H,17,18). The lowest BCUT2D eigenvalue weighted by atomic mass is 10.1. The average Bonchev–Trinajstić information content (AvgIpc) is 2.85. The lowest BCUT2D eigenvalue weighted by Crippen LogP contribution is -2.54. The highest BCUT2D eigenvalue weighted by molar-refractivity contribution is 5.96. The molecule has 2 rings (SSSR count). The van der Waals surface area contributed by atoms with Gasteiger partial charge in [-0.15, -0.1) is 0 Å². The number of methoxy groups -OCH3 is 1. The maximum Gasteiger partial charge on any atom is 0.339 e. The number of hydrogen-bond donors (Lipinski definition) is 1. The first-order valence-corrected chi connectivity index (χ1v) is 6.82. The van der Waals surface area contributed by atoms with Crippen molar-refractivity contribution < 1.29 is 28.6 Å². The first kappa shape index (κ1) is 15.5.